The number of hydrogen-bond donors (Lipinski definition) is 0. The number of nitriles is 1. The van der Waals surface area contributed by atoms with E-state index in [2.05, 4.69) is 0 Å². The Bertz CT molecular complexity index is 618. The number of hydrogen-bond acceptors (Lipinski definition) is 4. The molecule has 0 heterocycles. The second-order valence-electron chi connectivity index (χ2n) is 5.37. The van der Waals surface area contributed by atoms with Gasteiger partial charge in [0.25, 0.3) is 0 Å². The Balaban J connectivity index is 1.88. The monoisotopic (exact) mass is 308 g/mol. The van der Waals surface area contributed by atoms with Crippen LogP contribution in [0.5, 0.6) is 0 Å². The normalized spacial score (nSPS) is 15.1. The molecule has 1 aliphatic carbocycles. The molecule has 0 bridgehead atoms. The summed E-state index contributed by atoms with van der Waals surface area (Å²) in [5.41, 5.74) is 0.935. The summed E-state index contributed by atoms with van der Waals surface area (Å²) in [6.07, 6.45) is 2.44. The number of nitrogens with zero attached hydrogens (tertiary/aromatic N) is 2. The molecular formula is C15H20N2O3S. The molecule has 0 N–H and O–H groups in total. The fourth-order valence-electron chi connectivity index (χ4n) is 1.93. The lowest BCUT2D eigenvalue weighted by Crippen LogP contribution is -2.31. The maximum absolute atomic E-state index is 12.3. The highest BCUT2D eigenvalue weighted by Gasteiger charge is 2.22. The summed E-state index contributed by atoms with van der Waals surface area (Å²) >= 11 is 0. The third-order valence-corrected chi connectivity index (χ3v) is 5.36. The highest BCUT2D eigenvalue weighted by molar-refractivity contribution is 7.88. The molecule has 0 radical (unpaired) electrons. The smallest absolute Gasteiger partial charge is 0.218 e. The van der Waals surface area contributed by atoms with Crippen LogP contribution in [-0.2, 0) is 20.5 Å². The standard InChI is InChI=1S/C15H20N2O3S/c1-17(8-9-20-11-13-6-7-13)21(18,19)12-15-5-3-2-4-14(15)10-16/h2-5,13H,6-9,11-12H2,1H3. The van der Waals surface area contributed by atoms with Gasteiger partial charge in [-0.05, 0) is 30.4 Å². The zero-order chi connectivity index (χ0) is 15.3. The van der Waals surface area contributed by atoms with Crippen LogP contribution in [0.1, 0.15) is 24.0 Å². The van der Waals surface area contributed by atoms with Crippen molar-refractivity contribution >= 4 is 10.0 Å². The topological polar surface area (TPSA) is 70.4 Å². The van der Waals surface area contributed by atoms with Gasteiger partial charge in [0.05, 0.1) is 24.0 Å². The molecule has 1 fully saturated rings. The number of ether oxygens (including phenoxy) is 1. The van der Waals surface area contributed by atoms with Gasteiger partial charge in [-0.1, -0.05) is 18.2 Å². The SMILES string of the molecule is CN(CCOCC1CC1)S(=O)(=O)Cc1ccccc1C#N. The van der Waals surface area contributed by atoms with Crippen molar-refractivity contribution in [1.29, 1.82) is 5.26 Å². The van der Waals surface area contributed by atoms with Crippen molar-refractivity contribution in [2.75, 3.05) is 26.8 Å². The van der Waals surface area contributed by atoms with Crippen LogP contribution < -0.4 is 0 Å². The summed E-state index contributed by atoms with van der Waals surface area (Å²) in [6, 6.07) is 8.79. The minimum Gasteiger partial charge on any atom is -0.380 e. The lowest BCUT2D eigenvalue weighted by molar-refractivity contribution is 0.117. The highest BCUT2D eigenvalue weighted by atomic mass is 32.2. The van der Waals surface area contributed by atoms with Crippen LogP contribution in [-0.4, -0.2) is 39.5 Å². The molecule has 0 amide bonds. The van der Waals surface area contributed by atoms with Crippen LogP contribution in [0.25, 0.3) is 0 Å². The van der Waals surface area contributed by atoms with Crippen LogP contribution >= 0.6 is 0 Å². The second kappa shape index (κ2) is 7.03. The van der Waals surface area contributed by atoms with E-state index >= 15 is 0 Å². The van der Waals surface area contributed by atoms with Gasteiger partial charge < -0.3 is 4.74 Å². The van der Waals surface area contributed by atoms with E-state index in [0.717, 1.165) is 6.61 Å². The summed E-state index contributed by atoms with van der Waals surface area (Å²) in [5, 5.41) is 9.01. The van der Waals surface area contributed by atoms with Crippen molar-refractivity contribution in [3.05, 3.63) is 35.4 Å². The van der Waals surface area contributed by atoms with E-state index in [1.165, 1.54) is 17.1 Å². The largest absolute Gasteiger partial charge is 0.380 e. The van der Waals surface area contributed by atoms with E-state index in [1.807, 2.05) is 6.07 Å². The van der Waals surface area contributed by atoms with Gasteiger partial charge in [-0.15, -0.1) is 0 Å². The van der Waals surface area contributed by atoms with Crippen molar-refractivity contribution in [2.24, 2.45) is 5.92 Å². The minimum atomic E-state index is -3.43. The molecule has 0 aliphatic heterocycles. The summed E-state index contributed by atoms with van der Waals surface area (Å²) in [4.78, 5) is 0. The number of sulfonamides is 1. The Morgan fingerprint density at radius 1 is 1.38 bits per heavy atom. The number of rotatable bonds is 8. The molecule has 21 heavy (non-hydrogen) atoms. The van der Waals surface area contributed by atoms with Crippen molar-refractivity contribution in [3.63, 3.8) is 0 Å². The first-order valence-corrected chi connectivity index (χ1v) is 8.63. The molecule has 0 spiro atoms. The maximum atomic E-state index is 12.3. The molecule has 0 aromatic heterocycles. The Morgan fingerprint density at radius 2 is 2.10 bits per heavy atom. The van der Waals surface area contributed by atoms with Gasteiger partial charge in [0.1, 0.15) is 0 Å². The third kappa shape index (κ3) is 4.81. The molecule has 0 saturated heterocycles. The van der Waals surface area contributed by atoms with E-state index < -0.39 is 10.0 Å². The Labute approximate surface area is 126 Å². The lowest BCUT2D eigenvalue weighted by atomic mass is 10.1. The molecule has 1 aliphatic rings. The summed E-state index contributed by atoms with van der Waals surface area (Å²) in [7, 11) is -1.88. The van der Waals surface area contributed by atoms with Crippen LogP contribution in [0.2, 0.25) is 0 Å². The lowest BCUT2D eigenvalue weighted by Gasteiger charge is -2.17. The van der Waals surface area contributed by atoms with E-state index in [9.17, 15) is 8.42 Å². The second-order valence-corrected chi connectivity index (χ2v) is 7.44. The van der Waals surface area contributed by atoms with Crippen molar-refractivity contribution in [1.82, 2.24) is 4.31 Å². The number of benzene rings is 1. The van der Waals surface area contributed by atoms with Crippen LogP contribution in [0.3, 0.4) is 0 Å². The molecule has 2 rings (SSSR count). The number of likely N-dealkylation sites (N-methyl/N-ethyl adjacent to an activating group) is 1. The molecular weight excluding hydrogens is 288 g/mol. The minimum absolute atomic E-state index is 0.157. The zero-order valence-electron chi connectivity index (χ0n) is 12.2. The molecule has 0 atom stereocenters. The van der Waals surface area contributed by atoms with Crippen LogP contribution in [0.4, 0.5) is 0 Å². The van der Waals surface area contributed by atoms with Crippen molar-refractivity contribution < 1.29 is 13.2 Å². The van der Waals surface area contributed by atoms with Crippen LogP contribution in [0, 0.1) is 17.2 Å². The predicted molar refractivity (Wildman–Crippen MR) is 80.0 cm³/mol. The van der Waals surface area contributed by atoms with Crippen LogP contribution in [0.15, 0.2) is 24.3 Å². The van der Waals surface area contributed by atoms with E-state index in [1.54, 1.807) is 31.3 Å². The van der Waals surface area contributed by atoms with Gasteiger partial charge in [-0.25, -0.2) is 12.7 Å². The Hall–Kier alpha value is -1.42. The Morgan fingerprint density at radius 3 is 2.76 bits per heavy atom. The summed E-state index contributed by atoms with van der Waals surface area (Å²) in [5.74, 6) is 0.519. The third-order valence-electron chi connectivity index (χ3n) is 3.55. The van der Waals surface area contributed by atoms with Gasteiger partial charge in [-0.3, -0.25) is 0 Å². The first-order valence-electron chi connectivity index (χ1n) is 7.02. The fourth-order valence-corrected chi connectivity index (χ4v) is 3.15. The van der Waals surface area contributed by atoms with Crippen molar-refractivity contribution in [3.8, 4) is 6.07 Å². The Kier molecular flexibility index (Phi) is 5.34. The predicted octanol–water partition coefficient (Wildman–Crippen LogP) is 1.75. The first-order chi connectivity index (χ1) is 10.0. The zero-order valence-corrected chi connectivity index (χ0v) is 13.0. The van der Waals surface area contributed by atoms with E-state index in [4.69, 9.17) is 10.00 Å². The van der Waals surface area contributed by atoms with Gasteiger partial charge in [0, 0.05) is 20.2 Å². The summed E-state index contributed by atoms with van der Waals surface area (Å²) < 4.78 is 31.3. The molecule has 0 unspecified atom stereocenters. The van der Waals surface area contributed by atoms with Crippen molar-refractivity contribution in [2.45, 2.75) is 18.6 Å². The van der Waals surface area contributed by atoms with Gasteiger partial charge in [0.15, 0.2) is 0 Å². The molecule has 6 heteroatoms. The quantitative estimate of drug-likeness (QED) is 0.686. The first kappa shape index (κ1) is 16.0. The molecule has 114 valence electrons. The van der Waals surface area contributed by atoms with E-state index in [-0.39, 0.29) is 5.75 Å². The van der Waals surface area contributed by atoms with Gasteiger partial charge >= 0.3 is 0 Å². The molecule has 1 aromatic carbocycles. The molecule has 5 nitrogen and oxygen atoms in total. The van der Waals surface area contributed by atoms with E-state index in [0.29, 0.717) is 30.2 Å². The average Bonchev–Trinajstić information content (AvgIpc) is 3.27. The highest BCUT2D eigenvalue weighted by Crippen LogP contribution is 2.28. The summed E-state index contributed by atoms with van der Waals surface area (Å²) in [6.45, 7) is 1.47. The average molecular weight is 308 g/mol. The van der Waals surface area contributed by atoms with Gasteiger partial charge in [0.2, 0.25) is 10.0 Å². The molecule has 1 saturated carbocycles. The fraction of sp³-hybridized carbons (Fsp3) is 0.533. The maximum Gasteiger partial charge on any atom is 0.218 e. The van der Waals surface area contributed by atoms with Gasteiger partial charge in [-0.2, -0.15) is 5.26 Å². The molecule has 1 aromatic rings.